The maximum atomic E-state index is 12.0. The van der Waals surface area contributed by atoms with Gasteiger partial charge in [0.05, 0.1) is 19.6 Å². The minimum Gasteiger partial charge on any atom is -0.384 e. The molecule has 1 aliphatic heterocycles. The van der Waals surface area contributed by atoms with Crippen molar-refractivity contribution in [3.8, 4) is 0 Å². The van der Waals surface area contributed by atoms with Crippen LogP contribution in [0, 0.1) is 5.92 Å². The number of carbonyl (C=O) groups is 1. The summed E-state index contributed by atoms with van der Waals surface area (Å²) in [6.45, 7) is 4.95. The highest BCUT2D eigenvalue weighted by Gasteiger charge is 2.22. The van der Waals surface area contributed by atoms with Gasteiger partial charge in [-0.1, -0.05) is 24.3 Å². The number of carbonyl (C=O) groups excluding carboxylic acids is 1. The molecule has 0 radical (unpaired) electrons. The lowest BCUT2D eigenvalue weighted by molar-refractivity contribution is -0.133. The fraction of sp³-hybridized carbons (Fsp3) is 0.667. The third-order valence-electron chi connectivity index (χ3n) is 5.16. The molecule has 0 unspecified atom stereocenters. The third-order valence-corrected chi connectivity index (χ3v) is 5.16. The molecule has 26 heavy (non-hydrogen) atoms. The summed E-state index contributed by atoms with van der Waals surface area (Å²) in [5, 5.41) is 0. The first-order chi connectivity index (χ1) is 12.6. The summed E-state index contributed by atoms with van der Waals surface area (Å²) in [6, 6.07) is 9.00. The molecule has 0 bridgehead atoms. The van der Waals surface area contributed by atoms with Crippen LogP contribution in [0.25, 0.3) is 0 Å². The van der Waals surface area contributed by atoms with Gasteiger partial charge in [0, 0.05) is 40.4 Å². The molecule has 1 heterocycles. The molecule has 0 aliphatic carbocycles. The molecule has 1 fully saturated rings. The van der Waals surface area contributed by atoms with Crippen molar-refractivity contribution < 1.29 is 14.3 Å². The van der Waals surface area contributed by atoms with Crippen LogP contribution in [0.3, 0.4) is 0 Å². The first-order valence-electron chi connectivity index (χ1n) is 9.64. The fourth-order valence-electron chi connectivity index (χ4n) is 3.49. The molecule has 0 N–H and O–H groups in total. The van der Waals surface area contributed by atoms with Gasteiger partial charge in [0.1, 0.15) is 0 Å². The number of piperidine rings is 1. The van der Waals surface area contributed by atoms with Gasteiger partial charge in [0.15, 0.2) is 0 Å². The van der Waals surface area contributed by atoms with E-state index in [4.69, 9.17) is 9.47 Å². The number of benzene rings is 1. The number of nitrogens with zero attached hydrogens (tertiary/aromatic N) is 2. The molecule has 5 heteroatoms. The van der Waals surface area contributed by atoms with Crippen LogP contribution in [0.5, 0.6) is 0 Å². The summed E-state index contributed by atoms with van der Waals surface area (Å²) in [7, 11) is 5.50. The normalized spacial score (nSPS) is 15.6. The maximum absolute atomic E-state index is 12.0. The molecule has 1 saturated heterocycles. The van der Waals surface area contributed by atoms with Crippen molar-refractivity contribution in [1.82, 2.24) is 9.80 Å². The summed E-state index contributed by atoms with van der Waals surface area (Å²) in [6.07, 6.45) is 3.81. The maximum Gasteiger partial charge on any atom is 0.224 e. The summed E-state index contributed by atoms with van der Waals surface area (Å²) in [5.74, 6) is 0.906. The standard InChI is InChI=1S/C21H34N2O3/c1-22(13-15-26-3)17-20-6-4-18(5-7-20)16-19-8-11-23(12-9-19)21(24)10-14-25-2/h4-7,19H,8-17H2,1-3H3. The first kappa shape index (κ1) is 20.9. The summed E-state index contributed by atoms with van der Waals surface area (Å²) in [5.41, 5.74) is 2.74. The van der Waals surface area contributed by atoms with E-state index >= 15 is 0 Å². The van der Waals surface area contributed by atoms with Crippen LogP contribution in [0.1, 0.15) is 30.4 Å². The largest absolute Gasteiger partial charge is 0.384 e. The molecule has 1 aliphatic rings. The average molecular weight is 363 g/mol. The number of methoxy groups -OCH3 is 2. The van der Waals surface area contributed by atoms with E-state index in [9.17, 15) is 4.79 Å². The van der Waals surface area contributed by atoms with Crippen molar-refractivity contribution in [2.45, 2.75) is 32.2 Å². The quantitative estimate of drug-likeness (QED) is 0.642. The van der Waals surface area contributed by atoms with E-state index in [0.717, 1.165) is 52.0 Å². The zero-order valence-electron chi connectivity index (χ0n) is 16.6. The first-order valence-corrected chi connectivity index (χ1v) is 9.64. The van der Waals surface area contributed by atoms with Gasteiger partial charge in [-0.2, -0.15) is 0 Å². The van der Waals surface area contributed by atoms with Crippen LogP contribution in [0.15, 0.2) is 24.3 Å². The van der Waals surface area contributed by atoms with E-state index in [1.54, 1.807) is 14.2 Å². The molecular weight excluding hydrogens is 328 g/mol. The minimum atomic E-state index is 0.229. The molecule has 1 aromatic carbocycles. The second kappa shape index (κ2) is 11.3. The second-order valence-corrected chi connectivity index (χ2v) is 7.32. The smallest absolute Gasteiger partial charge is 0.224 e. The molecule has 1 amide bonds. The average Bonchev–Trinajstić information content (AvgIpc) is 2.66. The van der Waals surface area contributed by atoms with E-state index in [1.807, 2.05) is 4.90 Å². The highest BCUT2D eigenvalue weighted by atomic mass is 16.5. The van der Waals surface area contributed by atoms with Crippen LogP contribution < -0.4 is 0 Å². The van der Waals surface area contributed by atoms with Crippen molar-refractivity contribution in [2.75, 3.05) is 54.1 Å². The number of likely N-dealkylation sites (tertiary alicyclic amines) is 1. The lowest BCUT2D eigenvalue weighted by Crippen LogP contribution is -2.39. The van der Waals surface area contributed by atoms with E-state index < -0.39 is 0 Å². The SMILES string of the molecule is COCCC(=O)N1CCC(Cc2ccc(CN(C)CCOC)cc2)CC1. The van der Waals surface area contributed by atoms with E-state index in [0.29, 0.717) is 18.9 Å². The van der Waals surface area contributed by atoms with Gasteiger partial charge >= 0.3 is 0 Å². The van der Waals surface area contributed by atoms with Crippen molar-refractivity contribution >= 4 is 5.91 Å². The molecule has 0 atom stereocenters. The van der Waals surface area contributed by atoms with Crippen molar-refractivity contribution in [3.05, 3.63) is 35.4 Å². The highest BCUT2D eigenvalue weighted by molar-refractivity contribution is 5.76. The highest BCUT2D eigenvalue weighted by Crippen LogP contribution is 2.22. The Morgan fingerprint density at radius 1 is 1.08 bits per heavy atom. The second-order valence-electron chi connectivity index (χ2n) is 7.32. The predicted octanol–water partition coefficient (Wildman–Crippen LogP) is 2.58. The number of rotatable bonds is 10. The Morgan fingerprint density at radius 3 is 2.31 bits per heavy atom. The number of ether oxygens (including phenoxy) is 2. The van der Waals surface area contributed by atoms with Gasteiger partial charge in [-0.05, 0) is 43.4 Å². The van der Waals surface area contributed by atoms with Gasteiger partial charge in [-0.15, -0.1) is 0 Å². The third kappa shape index (κ3) is 7.06. The topological polar surface area (TPSA) is 42.0 Å². The Bertz CT molecular complexity index is 525. The number of amides is 1. The molecular formula is C21H34N2O3. The number of hydrogen-bond donors (Lipinski definition) is 0. The Labute approximate surface area is 158 Å². The van der Waals surface area contributed by atoms with Gasteiger partial charge in [-0.25, -0.2) is 0 Å². The predicted molar refractivity (Wildman–Crippen MR) is 104 cm³/mol. The summed E-state index contributed by atoms with van der Waals surface area (Å²) in [4.78, 5) is 16.3. The Balaban J connectivity index is 1.73. The molecule has 0 saturated carbocycles. The van der Waals surface area contributed by atoms with Crippen LogP contribution in [0.4, 0.5) is 0 Å². The van der Waals surface area contributed by atoms with Gasteiger partial charge < -0.3 is 14.4 Å². The van der Waals surface area contributed by atoms with Crippen molar-refractivity contribution in [2.24, 2.45) is 5.92 Å². The molecule has 0 aromatic heterocycles. The Kier molecular flexibility index (Phi) is 9.09. The van der Waals surface area contributed by atoms with E-state index in [1.165, 1.54) is 11.1 Å². The van der Waals surface area contributed by atoms with E-state index in [-0.39, 0.29) is 5.91 Å². The van der Waals surface area contributed by atoms with Gasteiger partial charge in [0.2, 0.25) is 5.91 Å². The van der Waals surface area contributed by atoms with Crippen LogP contribution in [0.2, 0.25) is 0 Å². The summed E-state index contributed by atoms with van der Waals surface area (Å²) >= 11 is 0. The number of hydrogen-bond acceptors (Lipinski definition) is 4. The number of likely N-dealkylation sites (N-methyl/N-ethyl adjacent to an activating group) is 1. The zero-order chi connectivity index (χ0) is 18.8. The monoisotopic (exact) mass is 362 g/mol. The van der Waals surface area contributed by atoms with Crippen molar-refractivity contribution in [1.29, 1.82) is 0 Å². The van der Waals surface area contributed by atoms with Crippen LogP contribution >= 0.6 is 0 Å². The Morgan fingerprint density at radius 2 is 1.69 bits per heavy atom. The van der Waals surface area contributed by atoms with Crippen molar-refractivity contribution in [3.63, 3.8) is 0 Å². The molecule has 2 rings (SSSR count). The fourth-order valence-corrected chi connectivity index (χ4v) is 3.49. The molecule has 5 nitrogen and oxygen atoms in total. The molecule has 1 aromatic rings. The lowest BCUT2D eigenvalue weighted by Gasteiger charge is -2.32. The minimum absolute atomic E-state index is 0.229. The zero-order valence-corrected chi connectivity index (χ0v) is 16.6. The van der Waals surface area contributed by atoms with Gasteiger partial charge in [0.25, 0.3) is 0 Å². The molecule has 146 valence electrons. The van der Waals surface area contributed by atoms with E-state index in [2.05, 4.69) is 36.2 Å². The van der Waals surface area contributed by atoms with Crippen LogP contribution in [-0.2, 0) is 27.2 Å². The Hall–Kier alpha value is -1.43. The van der Waals surface area contributed by atoms with Crippen LogP contribution in [-0.4, -0.2) is 69.8 Å². The van der Waals surface area contributed by atoms with Gasteiger partial charge in [-0.3, -0.25) is 9.69 Å². The molecule has 0 spiro atoms. The lowest BCUT2D eigenvalue weighted by atomic mass is 9.90. The summed E-state index contributed by atoms with van der Waals surface area (Å²) < 4.78 is 10.1.